The van der Waals surface area contributed by atoms with Crippen LogP contribution in [-0.4, -0.2) is 35.4 Å². The summed E-state index contributed by atoms with van der Waals surface area (Å²) in [6.07, 6.45) is 1.20. The zero-order chi connectivity index (χ0) is 26.9. The number of hydrogen-bond donors (Lipinski definition) is 1. The predicted octanol–water partition coefficient (Wildman–Crippen LogP) is 6.20. The van der Waals surface area contributed by atoms with Crippen molar-refractivity contribution < 1.29 is 14.3 Å². The Morgan fingerprint density at radius 3 is 2.19 bits per heavy atom. The molecule has 0 fully saturated rings. The first-order valence-corrected chi connectivity index (χ1v) is 13.1. The van der Waals surface area contributed by atoms with Crippen molar-refractivity contribution >= 4 is 23.4 Å². The molecule has 3 rings (SSSR count). The number of carbonyl (C=O) groups excluding carboxylic acids is 2. The van der Waals surface area contributed by atoms with E-state index in [1.165, 1.54) is 0 Å². The summed E-state index contributed by atoms with van der Waals surface area (Å²) in [4.78, 5) is 29.0. The van der Waals surface area contributed by atoms with Crippen molar-refractivity contribution in [2.75, 3.05) is 6.61 Å². The van der Waals surface area contributed by atoms with Crippen molar-refractivity contribution in [2.45, 2.75) is 66.1 Å². The maximum Gasteiger partial charge on any atom is 0.261 e. The van der Waals surface area contributed by atoms with Crippen molar-refractivity contribution in [1.82, 2.24) is 10.2 Å². The van der Waals surface area contributed by atoms with Gasteiger partial charge in [0.1, 0.15) is 11.8 Å². The summed E-state index contributed by atoms with van der Waals surface area (Å²) in [6, 6.07) is 20.7. The lowest BCUT2D eigenvalue weighted by Crippen LogP contribution is -2.53. The summed E-state index contributed by atoms with van der Waals surface area (Å²) in [7, 11) is 0. The number of aryl methyl sites for hydroxylation is 3. The summed E-state index contributed by atoms with van der Waals surface area (Å²) in [6.45, 7) is 9.94. The molecule has 2 amide bonds. The standard InChI is InChI=1S/C31H37ClN2O3/c1-6-24(5)33-31(36)28(18-25-13-8-7-9-14-25)34(19-26-15-11-10-12-21(26)2)29(35)20-37-27-16-22(3)30(32)23(4)17-27/h7-17,24,28H,6,18-20H2,1-5H3,(H,33,36)/t24-,28-/m0/s1. The number of halogens is 1. The number of benzene rings is 3. The van der Waals surface area contributed by atoms with Crippen LogP contribution in [0, 0.1) is 20.8 Å². The maximum atomic E-state index is 13.8. The normalized spacial score (nSPS) is 12.5. The molecule has 0 aromatic heterocycles. The SMILES string of the molecule is CC[C@H](C)NC(=O)[C@H](Cc1ccccc1)N(Cc1ccccc1C)C(=O)COc1cc(C)c(Cl)c(C)c1. The predicted molar refractivity (Wildman–Crippen MR) is 150 cm³/mol. The summed E-state index contributed by atoms with van der Waals surface area (Å²) >= 11 is 6.30. The van der Waals surface area contributed by atoms with E-state index in [0.717, 1.165) is 34.2 Å². The molecule has 0 heterocycles. The van der Waals surface area contributed by atoms with Gasteiger partial charge in [0.05, 0.1) is 0 Å². The van der Waals surface area contributed by atoms with Crippen LogP contribution in [0.5, 0.6) is 5.75 Å². The molecule has 6 heteroatoms. The Balaban J connectivity index is 1.94. The fraction of sp³-hybridized carbons (Fsp3) is 0.355. The van der Waals surface area contributed by atoms with Crippen LogP contribution in [-0.2, 0) is 22.6 Å². The Hall–Kier alpha value is -3.31. The lowest BCUT2D eigenvalue weighted by Gasteiger charge is -2.32. The van der Waals surface area contributed by atoms with Crippen LogP contribution in [0.4, 0.5) is 0 Å². The summed E-state index contributed by atoms with van der Waals surface area (Å²) in [5.41, 5.74) is 4.81. The lowest BCUT2D eigenvalue weighted by molar-refractivity contribution is -0.143. The second-order valence-corrected chi connectivity index (χ2v) is 10.0. The second kappa shape index (κ2) is 13.3. The molecule has 3 aromatic carbocycles. The number of carbonyl (C=O) groups is 2. The molecular formula is C31H37ClN2O3. The molecule has 0 bridgehead atoms. The molecule has 0 unspecified atom stereocenters. The number of hydrogen-bond acceptors (Lipinski definition) is 3. The smallest absolute Gasteiger partial charge is 0.261 e. The van der Waals surface area contributed by atoms with E-state index in [4.69, 9.17) is 16.3 Å². The van der Waals surface area contributed by atoms with Gasteiger partial charge in [-0.1, -0.05) is 73.1 Å². The minimum absolute atomic E-state index is 0.00236. The van der Waals surface area contributed by atoms with Crippen molar-refractivity contribution in [3.63, 3.8) is 0 Å². The molecule has 5 nitrogen and oxygen atoms in total. The highest BCUT2D eigenvalue weighted by molar-refractivity contribution is 6.32. The van der Waals surface area contributed by atoms with Crippen LogP contribution in [0.1, 0.15) is 48.1 Å². The van der Waals surface area contributed by atoms with Gasteiger partial charge in [-0.05, 0) is 74.1 Å². The Labute approximate surface area is 225 Å². The summed E-state index contributed by atoms with van der Waals surface area (Å²) in [5, 5.41) is 3.78. The van der Waals surface area contributed by atoms with Gasteiger partial charge < -0.3 is 15.0 Å². The van der Waals surface area contributed by atoms with E-state index >= 15 is 0 Å². The molecule has 0 aliphatic heterocycles. The van der Waals surface area contributed by atoms with E-state index in [1.807, 2.05) is 101 Å². The molecule has 0 saturated carbocycles. The first kappa shape index (κ1) is 28.3. The molecule has 0 aliphatic carbocycles. The molecule has 0 radical (unpaired) electrons. The van der Waals surface area contributed by atoms with E-state index in [-0.39, 0.29) is 24.5 Å². The second-order valence-electron chi connectivity index (χ2n) is 9.63. The number of amides is 2. The third-order valence-electron chi connectivity index (χ3n) is 6.65. The Morgan fingerprint density at radius 1 is 0.946 bits per heavy atom. The average Bonchev–Trinajstić information content (AvgIpc) is 2.89. The fourth-order valence-corrected chi connectivity index (χ4v) is 4.29. The van der Waals surface area contributed by atoms with Crippen LogP contribution in [0.25, 0.3) is 0 Å². The van der Waals surface area contributed by atoms with E-state index in [1.54, 1.807) is 4.90 Å². The first-order valence-electron chi connectivity index (χ1n) is 12.8. The molecule has 2 atom stereocenters. The molecule has 0 aliphatic rings. The molecule has 1 N–H and O–H groups in total. The highest BCUT2D eigenvalue weighted by atomic mass is 35.5. The number of nitrogens with one attached hydrogen (secondary N) is 1. The van der Waals surface area contributed by atoms with Crippen molar-refractivity contribution in [2.24, 2.45) is 0 Å². The minimum atomic E-state index is -0.694. The maximum absolute atomic E-state index is 13.8. The minimum Gasteiger partial charge on any atom is -0.484 e. The monoisotopic (exact) mass is 520 g/mol. The Bertz CT molecular complexity index is 1190. The molecule has 37 heavy (non-hydrogen) atoms. The topological polar surface area (TPSA) is 58.6 Å². The molecule has 196 valence electrons. The van der Waals surface area contributed by atoms with Gasteiger partial charge in [-0.3, -0.25) is 9.59 Å². The number of nitrogens with zero attached hydrogens (tertiary/aromatic N) is 1. The van der Waals surface area contributed by atoms with Crippen molar-refractivity contribution in [3.8, 4) is 5.75 Å². The van der Waals surface area contributed by atoms with Crippen molar-refractivity contribution in [1.29, 1.82) is 0 Å². The van der Waals surface area contributed by atoms with Gasteiger partial charge in [-0.15, -0.1) is 0 Å². The zero-order valence-electron chi connectivity index (χ0n) is 22.4. The van der Waals surface area contributed by atoms with Crippen LogP contribution in [0.2, 0.25) is 5.02 Å². The highest BCUT2D eigenvalue weighted by Crippen LogP contribution is 2.26. The van der Waals surface area contributed by atoms with Gasteiger partial charge in [-0.25, -0.2) is 0 Å². The number of rotatable bonds is 11. The Morgan fingerprint density at radius 2 is 1.57 bits per heavy atom. The Kier molecular flexibility index (Phi) is 10.2. The molecule has 0 saturated heterocycles. The van der Waals surface area contributed by atoms with Crippen molar-refractivity contribution in [3.05, 3.63) is 99.6 Å². The van der Waals surface area contributed by atoms with E-state index in [2.05, 4.69) is 5.32 Å². The quantitative estimate of drug-likeness (QED) is 0.327. The van der Waals surface area contributed by atoms with Crippen LogP contribution < -0.4 is 10.1 Å². The number of ether oxygens (including phenoxy) is 1. The van der Waals surface area contributed by atoms with Crippen LogP contribution >= 0.6 is 11.6 Å². The lowest BCUT2D eigenvalue weighted by atomic mass is 10.0. The molecular weight excluding hydrogens is 484 g/mol. The summed E-state index contributed by atoms with van der Waals surface area (Å²) in [5.74, 6) is 0.152. The average molecular weight is 521 g/mol. The third-order valence-corrected chi connectivity index (χ3v) is 7.24. The largest absolute Gasteiger partial charge is 0.484 e. The van der Waals surface area contributed by atoms with Gasteiger partial charge in [0.2, 0.25) is 5.91 Å². The van der Waals surface area contributed by atoms with Gasteiger partial charge in [0, 0.05) is 24.0 Å². The molecule has 3 aromatic rings. The first-order chi connectivity index (χ1) is 17.7. The van der Waals surface area contributed by atoms with Gasteiger partial charge in [0.25, 0.3) is 5.91 Å². The highest BCUT2D eigenvalue weighted by Gasteiger charge is 2.31. The van der Waals surface area contributed by atoms with E-state index in [0.29, 0.717) is 23.7 Å². The fourth-order valence-electron chi connectivity index (χ4n) is 4.18. The third kappa shape index (κ3) is 7.83. The van der Waals surface area contributed by atoms with E-state index in [9.17, 15) is 9.59 Å². The van der Waals surface area contributed by atoms with Crippen LogP contribution in [0.15, 0.2) is 66.7 Å². The zero-order valence-corrected chi connectivity index (χ0v) is 23.1. The van der Waals surface area contributed by atoms with Gasteiger partial charge in [0.15, 0.2) is 6.61 Å². The van der Waals surface area contributed by atoms with Gasteiger partial charge in [-0.2, -0.15) is 0 Å². The summed E-state index contributed by atoms with van der Waals surface area (Å²) < 4.78 is 5.93. The molecule has 0 spiro atoms. The van der Waals surface area contributed by atoms with Gasteiger partial charge >= 0.3 is 0 Å². The van der Waals surface area contributed by atoms with Crippen LogP contribution in [0.3, 0.4) is 0 Å². The van der Waals surface area contributed by atoms with E-state index < -0.39 is 6.04 Å².